The van der Waals surface area contributed by atoms with Crippen LogP contribution in [0.5, 0.6) is 0 Å². The first-order valence-electron chi connectivity index (χ1n) is 7.09. The number of hydrogen-bond acceptors (Lipinski definition) is 1. The molecule has 0 aromatic rings. The first kappa shape index (κ1) is 10.1. The molecule has 3 unspecified atom stereocenters. The Balaban J connectivity index is 1.61. The van der Waals surface area contributed by atoms with Crippen molar-refractivity contribution in [2.45, 2.75) is 57.4 Å². The first-order valence-corrected chi connectivity index (χ1v) is 7.09. The summed E-state index contributed by atoms with van der Waals surface area (Å²) in [5.74, 6) is 4.35. The molecule has 3 aliphatic carbocycles. The molecule has 0 saturated heterocycles. The monoisotopic (exact) mass is 207 g/mol. The molecule has 1 nitrogen and oxygen atoms in total. The Morgan fingerprint density at radius 2 is 1.53 bits per heavy atom. The topological polar surface area (TPSA) is 12.0 Å². The Bertz CT molecular complexity index is 207. The largest absolute Gasteiger partial charge is 0.316 e. The SMILES string of the molecule is CNC(C1CCCCC1)C1C2CCCC21. The molecule has 3 aliphatic rings. The van der Waals surface area contributed by atoms with Crippen LogP contribution in [0.25, 0.3) is 0 Å². The molecule has 0 heterocycles. The van der Waals surface area contributed by atoms with E-state index < -0.39 is 0 Å². The van der Waals surface area contributed by atoms with Crippen molar-refractivity contribution in [1.29, 1.82) is 0 Å². The van der Waals surface area contributed by atoms with Gasteiger partial charge in [0.05, 0.1) is 0 Å². The summed E-state index contributed by atoms with van der Waals surface area (Å²) in [5.41, 5.74) is 0. The van der Waals surface area contributed by atoms with Crippen molar-refractivity contribution in [3.8, 4) is 0 Å². The number of nitrogens with one attached hydrogen (secondary N) is 1. The van der Waals surface area contributed by atoms with E-state index in [2.05, 4.69) is 12.4 Å². The van der Waals surface area contributed by atoms with E-state index in [0.717, 1.165) is 29.7 Å². The van der Waals surface area contributed by atoms with Crippen LogP contribution < -0.4 is 5.32 Å². The lowest BCUT2D eigenvalue weighted by molar-refractivity contribution is 0.241. The van der Waals surface area contributed by atoms with Gasteiger partial charge >= 0.3 is 0 Å². The number of rotatable bonds is 3. The van der Waals surface area contributed by atoms with E-state index in [1.54, 1.807) is 12.8 Å². The molecular formula is C14H25N. The maximum absolute atomic E-state index is 3.66. The molecule has 86 valence electrons. The van der Waals surface area contributed by atoms with Crippen molar-refractivity contribution in [2.24, 2.45) is 23.7 Å². The quantitative estimate of drug-likeness (QED) is 0.749. The third-order valence-corrected chi connectivity index (χ3v) is 5.38. The zero-order valence-electron chi connectivity index (χ0n) is 10.0. The van der Waals surface area contributed by atoms with E-state index in [-0.39, 0.29) is 0 Å². The van der Waals surface area contributed by atoms with Crippen molar-refractivity contribution in [1.82, 2.24) is 5.32 Å². The highest BCUT2D eigenvalue weighted by Gasteiger charge is 2.56. The van der Waals surface area contributed by atoms with Crippen LogP contribution in [0.2, 0.25) is 0 Å². The summed E-state index contributed by atoms with van der Waals surface area (Å²) < 4.78 is 0. The minimum atomic E-state index is 0.876. The van der Waals surface area contributed by atoms with Gasteiger partial charge in [0.2, 0.25) is 0 Å². The zero-order chi connectivity index (χ0) is 10.3. The Kier molecular flexibility index (Phi) is 2.76. The van der Waals surface area contributed by atoms with Crippen LogP contribution in [0.3, 0.4) is 0 Å². The molecule has 3 saturated carbocycles. The maximum Gasteiger partial charge on any atom is 0.0126 e. The van der Waals surface area contributed by atoms with Crippen molar-refractivity contribution < 1.29 is 0 Å². The average molecular weight is 207 g/mol. The van der Waals surface area contributed by atoms with Gasteiger partial charge in [-0.2, -0.15) is 0 Å². The molecule has 0 bridgehead atoms. The van der Waals surface area contributed by atoms with Gasteiger partial charge in [0.25, 0.3) is 0 Å². The molecule has 0 aliphatic heterocycles. The molecule has 15 heavy (non-hydrogen) atoms. The highest BCUT2D eigenvalue weighted by Crippen LogP contribution is 2.60. The van der Waals surface area contributed by atoms with Gasteiger partial charge in [-0.05, 0) is 56.4 Å². The molecular weight excluding hydrogens is 182 g/mol. The Morgan fingerprint density at radius 1 is 0.867 bits per heavy atom. The van der Waals surface area contributed by atoms with E-state index in [9.17, 15) is 0 Å². The fourth-order valence-corrected chi connectivity index (χ4v) is 4.65. The molecule has 0 aromatic carbocycles. The van der Waals surface area contributed by atoms with Crippen molar-refractivity contribution in [3.05, 3.63) is 0 Å². The van der Waals surface area contributed by atoms with Gasteiger partial charge in [-0.3, -0.25) is 0 Å². The molecule has 0 amide bonds. The number of hydrogen-bond donors (Lipinski definition) is 1. The normalized spacial score (nSPS) is 42.6. The van der Waals surface area contributed by atoms with Crippen LogP contribution in [-0.4, -0.2) is 13.1 Å². The predicted octanol–water partition coefficient (Wildman–Crippen LogP) is 3.20. The third-order valence-electron chi connectivity index (χ3n) is 5.38. The van der Waals surface area contributed by atoms with Crippen LogP contribution in [0.4, 0.5) is 0 Å². The van der Waals surface area contributed by atoms with Gasteiger partial charge in [-0.1, -0.05) is 25.7 Å². The lowest BCUT2D eigenvalue weighted by atomic mass is 9.80. The summed E-state index contributed by atoms with van der Waals surface area (Å²) in [6.45, 7) is 0. The molecule has 1 heteroatoms. The minimum Gasteiger partial charge on any atom is -0.316 e. The van der Waals surface area contributed by atoms with Crippen molar-refractivity contribution in [3.63, 3.8) is 0 Å². The summed E-state index contributed by atoms with van der Waals surface area (Å²) in [6, 6.07) is 0.876. The summed E-state index contributed by atoms with van der Waals surface area (Å²) >= 11 is 0. The molecule has 0 radical (unpaired) electrons. The van der Waals surface area contributed by atoms with Crippen LogP contribution in [0.15, 0.2) is 0 Å². The third kappa shape index (κ3) is 1.73. The van der Waals surface area contributed by atoms with Crippen molar-refractivity contribution in [2.75, 3.05) is 7.05 Å². The van der Waals surface area contributed by atoms with Crippen LogP contribution >= 0.6 is 0 Å². The second-order valence-electron chi connectivity index (χ2n) is 6.05. The fourth-order valence-electron chi connectivity index (χ4n) is 4.65. The van der Waals surface area contributed by atoms with Gasteiger partial charge in [-0.25, -0.2) is 0 Å². The van der Waals surface area contributed by atoms with E-state index in [4.69, 9.17) is 0 Å². The van der Waals surface area contributed by atoms with E-state index in [1.165, 1.54) is 38.5 Å². The predicted molar refractivity (Wildman–Crippen MR) is 63.7 cm³/mol. The van der Waals surface area contributed by atoms with E-state index in [1.807, 2.05) is 0 Å². The molecule has 0 aromatic heterocycles. The first-order chi connectivity index (χ1) is 7.42. The van der Waals surface area contributed by atoms with E-state index in [0.29, 0.717) is 0 Å². The summed E-state index contributed by atoms with van der Waals surface area (Å²) in [5, 5.41) is 3.66. The van der Waals surface area contributed by atoms with Crippen molar-refractivity contribution >= 4 is 0 Å². The molecule has 3 atom stereocenters. The highest BCUT2D eigenvalue weighted by atomic mass is 14.9. The van der Waals surface area contributed by atoms with Gasteiger partial charge in [-0.15, -0.1) is 0 Å². The molecule has 3 rings (SSSR count). The summed E-state index contributed by atoms with van der Waals surface area (Å²) in [7, 11) is 2.20. The zero-order valence-corrected chi connectivity index (χ0v) is 10.0. The fraction of sp³-hybridized carbons (Fsp3) is 1.00. The van der Waals surface area contributed by atoms with Crippen LogP contribution in [0.1, 0.15) is 51.4 Å². The second-order valence-corrected chi connectivity index (χ2v) is 6.05. The van der Waals surface area contributed by atoms with Gasteiger partial charge < -0.3 is 5.32 Å². The number of fused-ring (bicyclic) bond motifs is 1. The van der Waals surface area contributed by atoms with Gasteiger partial charge in [0.1, 0.15) is 0 Å². The molecule has 0 spiro atoms. The van der Waals surface area contributed by atoms with Crippen LogP contribution in [0, 0.1) is 23.7 Å². The minimum absolute atomic E-state index is 0.876. The van der Waals surface area contributed by atoms with Gasteiger partial charge in [0.15, 0.2) is 0 Å². The van der Waals surface area contributed by atoms with E-state index >= 15 is 0 Å². The standard InChI is InChI=1S/C14H25N/c1-15-14(10-6-3-2-4-7-10)13-11-8-5-9-12(11)13/h10-15H,2-9H2,1H3. The van der Waals surface area contributed by atoms with Gasteiger partial charge in [0, 0.05) is 6.04 Å². The Hall–Kier alpha value is -0.0400. The lowest BCUT2D eigenvalue weighted by Gasteiger charge is -2.31. The van der Waals surface area contributed by atoms with Crippen LogP contribution in [-0.2, 0) is 0 Å². The second kappa shape index (κ2) is 4.08. The smallest absolute Gasteiger partial charge is 0.0126 e. The molecule has 1 N–H and O–H groups in total. The average Bonchev–Trinajstić information content (AvgIpc) is 2.76. The lowest BCUT2D eigenvalue weighted by Crippen LogP contribution is -2.38. The highest BCUT2D eigenvalue weighted by molar-refractivity contribution is 5.07. The Morgan fingerprint density at radius 3 is 2.13 bits per heavy atom. The summed E-state index contributed by atoms with van der Waals surface area (Å²) in [6.07, 6.45) is 12.1. The maximum atomic E-state index is 3.66. The molecule has 3 fully saturated rings. The Labute approximate surface area is 94.0 Å². The summed E-state index contributed by atoms with van der Waals surface area (Å²) in [4.78, 5) is 0.